The zero-order valence-corrected chi connectivity index (χ0v) is 9.66. The Balaban J connectivity index is 2.69. The molecule has 1 rings (SSSR count). The maximum atomic E-state index is 11.7. The molecule has 0 aromatic rings. The summed E-state index contributed by atoms with van der Waals surface area (Å²) in [4.78, 5) is 13.8. The number of nitriles is 1. The van der Waals surface area contributed by atoms with Gasteiger partial charge < -0.3 is 5.32 Å². The van der Waals surface area contributed by atoms with Gasteiger partial charge in [0.1, 0.15) is 6.04 Å². The molecule has 0 spiro atoms. The molecular weight excluding hydrogens is 190 g/mol. The van der Waals surface area contributed by atoms with Crippen LogP contribution in [0.25, 0.3) is 0 Å². The van der Waals surface area contributed by atoms with Crippen molar-refractivity contribution in [3.8, 4) is 6.07 Å². The standard InChI is InChI=1S/C11H19N3O/c1-8(2)6-14-7-9(3)13-11(15)10(14)4-5-12/h8-10H,4,6-7H2,1-3H3,(H,13,15). The highest BCUT2D eigenvalue weighted by molar-refractivity contribution is 5.83. The molecule has 0 aromatic carbocycles. The van der Waals surface area contributed by atoms with Crippen LogP contribution in [0.1, 0.15) is 27.2 Å². The lowest BCUT2D eigenvalue weighted by atomic mass is 10.0. The fourth-order valence-electron chi connectivity index (χ4n) is 2.01. The predicted molar refractivity (Wildman–Crippen MR) is 58.0 cm³/mol. The summed E-state index contributed by atoms with van der Waals surface area (Å²) in [6.07, 6.45) is 0.283. The van der Waals surface area contributed by atoms with Gasteiger partial charge in [-0.3, -0.25) is 9.69 Å². The van der Waals surface area contributed by atoms with Crippen LogP contribution >= 0.6 is 0 Å². The van der Waals surface area contributed by atoms with Crippen LogP contribution in [0.2, 0.25) is 0 Å². The molecule has 4 nitrogen and oxygen atoms in total. The summed E-state index contributed by atoms with van der Waals surface area (Å²) in [5, 5.41) is 11.6. The lowest BCUT2D eigenvalue weighted by Crippen LogP contribution is -2.59. The highest BCUT2D eigenvalue weighted by Gasteiger charge is 2.32. The Labute approximate surface area is 91.2 Å². The van der Waals surface area contributed by atoms with Crippen molar-refractivity contribution in [1.82, 2.24) is 10.2 Å². The Bertz CT molecular complexity index is 267. The predicted octanol–water partition coefficient (Wildman–Crippen LogP) is 0.745. The van der Waals surface area contributed by atoms with Crippen molar-refractivity contribution in [3.05, 3.63) is 0 Å². The van der Waals surface area contributed by atoms with Gasteiger partial charge in [0.15, 0.2) is 0 Å². The van der Waals surface area contributed by atoms with E-state index >= 15 is 0 Å². The number of carbonyl (C=O) groups excluding carboxylic acids is 1. The van der Waals surface area contributed by atoms with Gasteiger partial charge in [-0.2, -0.15) is 5.26 Å². The summed E-state index contributed by atoms with van der Waals surface area (Å²) >= 11 is 0. The van der Waals surface area contributed by atoms with E-state index in [0.29, 0.717) is 5.92 Å². The van der Waals surface area contributed by atoms with E-state index in [1.54, 1.807) is 0 Å². The minimum atomic E-state index is -0.256. The van der Waals surface area contributed by atoms with Gasteiger partial charge in [0, 0.05) is 19.1 Å². The lowest BCUT2D eigenvalue weighted by Gasteiger charge is -2.38. The molecule has 84 valence electrons. The van der Waals surface area contributed by atoms with E-state index in [2.05, 4.69) is 30.1 Å². The number of hydrogen-bond acceptors (Lipinski definition) is 3. The second-order valence-corrected chi connectivity index (χ2v) is 4.64. The summed E-state index contributed by atoms with van der Waals surface area (Å²) in [5.41, 5.74) is 0. The number of rotatable bonds is 3. The third-order valence-electron chi connectivity index (χ3n) is 2.52. The van der Waals surface area contributed by atoms with Crippen molar-refractivity contribution in [3.63, 3.8) is 0 Å². The number of nitrogens with one attached hydrogen (secondary N) is 1. The van der Waals surface area contributed by atoms with Gasteiger partial charge in [0.25, 0.3) is 0 Å². The van der Waals surface area contributed by atoms with E-state index in [9.17, 15) is 4.79 Å². The molecule has 2 unspecified atom stereocenters. The first-order valence-corrected chi connectivity index (χ1v) is 5.46. The molecule has 1 aliphatic rings. The van der Waals surface area contributed by atoms with Gasteiger partial charge >= 0.3 is 0 Å². The van der Waals surface area contributed by atoms with Crippen LogP contribution in [-0.4, -0.2) is 36.0 Å². The Morgan fingerprint density at radius 1 is 1.67 bits per heavy atom. The fraction of sp³-hybridized carbons (Fsp3) is 0.818. The minimum Gasteiger partial charge on any atom is -0.351 e. The zero-order valence-electron chi connectivity index (χ0n) is 9.66. The maximum Gasteiger partial charge on any atom is 0.238 e. The van der Waals surface area contributed by atoms with Crippen LogP contribution in [0.3, 0.4) is 0 Å². The van der Waals surface area contributed by atoms with Crippen LogP contribution in [0.4, 0.5) is 0 Å². The molecule has 2 atom stereocenters. The quantitative estimate of drug-likeness (QED) is 0.746. The Kier molecular flexibility index (Phi) is 4.10. The molecule has 1 aliphatic heterocycles. The van der Waals surface area contributed by atoms with Gasteiger partial charge in [-0.1, -0.05) is 13.8 Å². The van der Waals surface area contributed by atoms with Crippen LogP contribution in [-0.2, 0) is 4.79 Å². The topological polar surface area (TPSA) is 56.1 Å². The monoisotopic (exact) mass is 209 g/mol. The SMILES string of the molecule is CC(C)CN1CC(C)NC(=O)C1CC#N. The molecule has 4 heteroatoms. The van der Waals surface area contributed by atoms with Crippen molar-refractivity contribution in [2.45, 2.75) is 39.3 Å². The first kappa shape index (κ1) is 12.0. The number of hydrogen-bond donors (Lipinski definition) is 1. The van der Waals surface area contributed by atoms with Crippen LogP contribution < -0.4 is 5.32 Å². The highest BCUT2D eigenvalue weighted by Crippen LogP contribution is 2.13. The average Bonchev–Trinajstić information content (AvgIpc) is 2.10. The van der Waals surface area contributed by atoms with Gasteiger partial charge in [-0.15, -0.1) is 0 Å². The van der Waals surface area contributed by atoms with E-state index < -0.39 is 0 Å². The average molecular weight is 209 g/mol. The summed E-state index contributed by atoms with van der Waals surface area (Å²) in [5.74, 6) is 0.514. The van der Waals surface area contributed by atoms with E-state index in [-0.39, 0.29) is 24.4 Å². The van der Waals surface area contributed by atoms with Crippen LogP contribution in [0.5, 0.6) is 0 Å². The molecule has 1 heterocycles. The van der Waals surface area contributed by atoms with Crippen molar-refractivity contribution in [1.29, 1.82) is 5.26 Å². The normalized spacial score (nSPS) is 27.5. The molecule has 1 amide bonds. The molecule has 1 N–H and O–H groups in total. The van der Waals surface area contributed by atoms with Gasteiger partial charge in [0.2, 0.25) is 5.91 Å². The Hall–Kier alpha value is -1.08. The maximum absolute atomic E-state index is 11.7. The highest BCUT2D eigenvalue weighted by atomic mass is 16.2. The van der Waals surface area contributed by atoms with E-state index in [4.69, 9.17) is 5.26 Å². The van der Waals surface area contributed by atoms with E-state index in [1.807, 2.05) is 6.92 Å². The third-order valence-corrected chi connectivity index (χ3v) is 2.52. The number of piperazine rings is 1. The summed E-state index contributed by atoms with van der Waals surface area (Å²) < 4.78 is 0. The number of carbonyl (C=O) groups is 1. The molecule has 0 bridgehead atoms. The van der Waals surface area contributed by atoms with Crippen molar-refractivity contribution < 1.29 is 4.79 Å². The number of amides is 1. The molecule has 0 aromatic heterocycles. The third kappa shape index (κ3) is 3.21. The summed E-state index contributed by atoms with van der Waals surface area (Å²) in [6.45, 7) is 7.97. The summed E-state index contributed by atoms with van der Waals surface area (Å²) in [7, 11) is 0. The molecular formula is C11H19N3O. The first-order valence-electron chi connectivity index (χ1n) is 5.46. The van der Waals surface area contributed by atoms with Crippen LogP contribution in [0.15, 0.2) is 0 Å². The Morgan fingerprint density at radius 2 is 2.33 bits per heavy atom. The largest absolute Gasteiger partial charge is 0.351 e. The molecule has 1 saturated heterocycles. The van der Waals surface area contributed by atoms with Gasteiger partial charge in [-0.25, -0.2) is 0 Å². The van der Waals surface area contributed by atoms with Crippen molar-refractivity contribution >= 4 is 5.91 Å². The second-order valence-electron chi connectivity index (χ2n) is 4.64. The van der Waals surface area contributed by atoms with Gasteiger partial charge in [0.05, 0.1) is 12.5 Å². The molecule has 0 aliphatic carbocycles. The zero-order chi connectivity index (χ0) is 11.4. The fourth-order valence-corrected chi connectivity index (χ4v) is 2.01. The Morgan fingerprint density at radius 3 is 2.87 bits per heavy atom. The van der Waals surface area contributed by atoms with Crippen molar-refractivity contribution in [2.75, 3.05) is 13.1 Å². The molecule has 1 fully saturated rings. The lowest BCUT2D eigenvalue weighted by molar-refractivity contribution is -0.130. The molecule has 0 radical (unpaired) electrons. The van der Waals surface area contributed by atoms with E-state index in [1.165, 1.54) is 0 Å². The van der Waals surface area contributed by atoms with Crippen molar-refractivity contribution in [2.24, 2.45) is 5.92 Å². The second kappa shape index (κ2) is 5.13. The van der Waals surface area contributed by atoms with Gasteiger partial charge in [-0.05, 0) is 12.8 Å². The number of nitrogens with zero attached hydrogens (tertiary/aromatic N) is 2. The summed E-state index contributed by atoms with van der Waals surface area (Å²) in [6, 6.07) is 2.01. The minimum absolute atomic E-state index is 0.00375. The smallest absolute Gasteiger partial charge is 0.238 e. The van der Waals surface area contributed by atoms with E-state index in [0.717, 1.165) is 13.1 Å². The first-order chi connectivity index (χ1) is 7.04. The van der Waals surface area contributed by atoms with Crippen LogP contribution in [0, 0.1) is 17.2 Å². The molecule has 0 saturated carbocycles. The molecule has 15 heavy (non-hydrogen) atoms.